The highest BCUT2D eigenvalue weighted by Gasteiger charge is 2.22. The van der Waals surface area contributed by atoms with E-state index in [9.17, 15) is 9.90 Å². The third kappa shape index (κ3) is 3.86. The summed E-state index contributed by atoms with van der Waals surface area (Å²) in [7, 11) is 1.50. The van der Waals surface area contributed by atoms with Gasteiger partial charge in [0.15, 0.2) is 0 Å². The van der Waals surface area contributed by atoms with Crippen molar-refractivity contribution in [1.29, 1.82) is 0 Å². The van der Waals surface area contributed by atoms with Crippen molar-refractivity contribution in [2.24, 2.45) is 5.73 Å². The van der Waals surface area contributed by atoms with Gasteiger partial charge in [0.1, 0.15) is 11.5 Å². The van der Waals surface area contributed by atoms with Crippen LogP contribution in [-0.2, 0) is 0 Å². The zero-order valence-electron chi connectivity index (χ0n) is 11.7. The number of hydrogen-bond acceptors (Lipinski definition) is 4. The molecular weight excluding hydrogens is 244 g/mol. The standard InChI is InChI=1S/C14H22N2O3/c1-4-14(15,5-2)9-16-13(18)11-7-6-10(19-3)8-12(11)17/h6-8,17H,4-5,9,15H2,1-3H3,(H,16,18). The highest BCUT2D eigenvalue weighted by Crippen LogP contribution is 2.23. The lowest BCUT2D eigenvalue weighted by atomic mass is 9.94. The van der Waals surface area contributed by atoms with Gasteiger partial charge in [0.05, 0.1) is 12.7 Å². The molecule has 106 valence electrons. The van der Waals surface area contributed by atoms with Crippen LogP contribution >= 0.6 is 0 Å². The van der Waals surface area contributed by atoms with Crippen LogP contribution in [0.25, 0.3) is 0 Å². The third-order valence-electron chi connectivity index (χ3n) is 3.46. The van der Waals surface area contributed by atoms with Crippen LogP contribution in [0.1, 0.15) is 37.0 Å². The lowest BCUT2D eigenvalue weighted by molar-refractivity contribution is 0.0939. The Balaban J connectivity index is 2.74. The number of phenolic OH excluding ortho intramolecular Hbond substituents is 1. The number of rotatable bonds is 6. The first-order valence-corrected chi connectivity index (χ1v) is 6.40. The average molecular weight is 266 g/mol. The molecule has 0 radical (unpaired) electrons. The highest BCUT2D eigenvalue weighted by molar-refractivity contribution is 5.97. The molecule has 0 aliphatic heterocycles. The topological polar surface area (TPSA) is 84.6 Å². The molecule has 0 saturated carbocycles. The molecule has 1 aromatic rings. The summed E-state index contributed by atoms with van der Waals surface area (Å²) in [5, 5.41) is 12.5. The van der Waals surface area contributed by atoms with Crippen molar-refractivity contribution in [1.82, 2.24) is 5.32 Å². The molecule has 0 aliphatic rings. The molecule has 5 nitrogen and oxygen atoms in total. The van der Waals surface area contributed by atoms with Crippen LogP contribution < -0.4 is 15.8 Å². The normalized spacial score (nSPS) is 11.2. The number of amides is 1. The summed E-state index contributed by atoms with van der Waals surface area (Å²) >= 11 is 0. The minimum absolute atomic E-state index is 0.104. The second-order valence-electron chi connectivity index (χ2n) is 4.64. The van der Waals surface area contributed by atoms with E-state index < -0.39 is 5.54 Å². The van der Waals surface area contributed by atoms with E-state index in [1.807, 2.05) is 13.8 Å². The van der Waals surface area contributed by atoms with Crippen molar-refractivity contribution in [2.75, 3.05) is 13.7 Å². The summed E-state index contributed by atoms with van der Waals surface area (Å²) in [5.74, 6) is 0.0636. The van der Waals surface area contributed by atoms with E-state index in [0.29, 0.717) is 12.3 Å². The summed E-state index contributed by atoms with van der Waals surface area (Å²) in [6.07, 6.45) is 1.55. The van der Waals surface area contributed by atoms with Gasteiger partial charge in [-0.2, -0.15) is 0 Å². The first-order valence-electron chi connectivity index (χ1n) is 6.40. The van der Waals surface area contributed by atoms with E-state index in [4.69, 9.17) is 10.5 Å². The molecule has 0 aromatic heterocycles. The van der Waals surface area contributed by atoms with Crippen LogP contribution in [0, 0.1) is 0 Å². The van der Waals surface area contributed by atoms with E-state index in [1.165, 1.54) is 19.2 Å². The Morgan fingerprint density at radius 3 is 2.53 bits per heavy atom. The number of methoxy groups -OCH3 is 1. The maximum atomic E-state index is 12.0. The van der Waals surface area contributed by atoms with E-state index in [0.717, 1.165) is 12.8 Å². The molecule has 0 spiro atoms. The maximum absolute atomic E-state index is 12.0. The molecule has 1 amide bonds. The summed E-state index contributed by atoms with van der Waals surface area (Å²) in [5.41, 5.74) is 5.92. The largest absolute Gasteiger partial charge is 0.507 e. The van der Waals surface area contributed by atoms with Crippen molar-refractivity contribution in [3.8, 4) is 11.5 Å². The average Bonchev–Trinajstić information content (AvgIpc) is 2.44. The van der Waals surface area contributed by atoms with Gasteiger partial charge in [-0.25, -0.2) is 0 Å². The molecule has 0 saturated heterocycles. The number of hydrogen-bond donors (Lipinski definition) is 3. The second kappa shape index (κ2) is 6.43. The van der Waals surface area contributed by atoms with Gasteiger partial charge < -0.3 is 20.9 Å². The van der Waals surface area contributed by atoms with Crippen LogP contribution in [0.2, 0.25) is 0 Å². The minimum Gasteiger partial charge on any atom is -0.507 e. The number of carbonyl (C=O) groups is 1. The molecule has 0 heterocycles. The maximum Gasteiger partial charge on any atom is 0.255 e. The fraction of sp³-hybridized carbons (Fsp3) is 0.500. The predicted molar refractivity (Wildman–Crippen MR) is 74.5 cm³/mol. The van der Waals surface area contributed by atoms with Crippen molar-refractivity contribution in [3.05, 3.63) is 23.8 Å². The van der Waals surface area contributed by atoms with E-state index in [1.54, 1.807) is 6.07 Å². The van der Waals surface area contributed by atoms with E-state index in [2.05, 4.69) is 5.32 Å². The van der Waals surface area contributed by atoms with Crippen molar-refractivity contribution >= 4 is 5.91 Å². The van der Waals surface area contributed by atoms with E-state index >= 15 is 0 Å². The fourth-order valence-electron chi connectivity index (χ4n) is 1.68. The van der Waals surface area contributed by atoms with Crippen LogP contribution in [0.15, 0.2) is 18.2 Å². The molecule has 0 aliphatic carbocycles. The summed E-state index contributed by atoms with van der Waals surface area (Å²) in [4.78, 5) is 12.0. The molecule has 0 fully saturated rings. The van der Waals surface area contributed by atoms with Crippen LogP contribution in [0.3, 0.4) is 0 Å². The lowest BCUT2D eigenvalue weighted by Crippen LogP contribution is -2.49. The molecule has 0 atom stereocenters. The zero-order valence-corrected chi connectivity index (χ0v) is 11.7. The van der Waals surface area contributed by atoms with Crippen molar-refractivity contribution in [3.63, 3.8) is 0 Å². The SMILES string of the molecule is CCC(N)(CC)CNC(=O)c1ccc(OC)cc1O. The Hall–Kier alpha value is -1.75. The first kappa shape index (κ1) is 15.3. The molecular formula is C14H22N2O3. The Morgan fingerprint density at radius 2 is 2.05 bits per heavy atom. The van der Waals surface area contributed by atoms with Gasteiger partial charge in [0.25, 0.3) is 5.91 Å². The summed E-state index contributed by atoms with van der Waals surface area (Å²) in [6, 6.07) is 4.56. The Morgan fingerprint density at radius 1 is 1.42 bits per heavy atom. The number of carbonyl (C=O) groups excluding carboxylic acids is 1. The van der Waals surface area contributed by atoms with Gasteiger partial charge in [-0.15, -0.1) is 0 Å². The highest BCUT2D eigenvalue weighted by atomic mass is 16.5. The number of nitrogens with two attached hydrogens (primary N) is 1. The molecule has 0 bridgehead atoms. The predicted octanol–water partition coefficient (Wildman–Crippen LogP) is 1.65. The van der Waals surface area contributed by atoms with Crippen LogP contribution in [0.5, 0.6) is 11.5 Å². The molecule has 4 N–H and O–H groups in total. The van der Waals surface area contributed by atoms with Gasteiger partial charge in [0, 0.05) is 18.2 Å². The number of nitrogens with one attached hydrogen (secondary N) is 1. The van der Waals surface area contributed by atoms with Gasteiger partial charge in [0.2, 0.25) is 0 Å². The zero-order chi connectivity index (χ0) is 14.5. The van der Waals surface area contributed by atoms with E-state index in [-0.39, 0.29) is 17.2 Å². The van der Waals surface area contributed by atoms with Crippen molar-refractivity contribution < 1.29 is 14.6 Å². The van der Waals surface area contributed by atoms with Crippen LogP contribution in [0.4, 0.5) is 0 Å². The Bertz CT molecular complexity index is 442. The molecule has 0 unspecified atom stereocenters. The number of aromatic hydroxyl groups is 1. The number of phenols is 1. The van der Waals surface area contributed by atoms with Crippen LogP contribution in [-0.4, -0.2) is 30.2 Å². The lowest BCUT2D eigenvalue weighted by Gasteiger charge is -2.26. The quantitative estimate of drug-likeness (QED) is 0.731. The Labute approximate surface area is 113 Å². The molecule has 5 heteroatoms. The van der Waals surface area contributed by atoms with Crippen molar-refractivity contribution in [2.45, 2.75) is 32.2 Å². The minimum atomic E-state index is -0.405. The monoisotopic (exact) mass is 266 g/mol. The third-order valence-corrected chi connectivity index (χ3v) is 3.46. The second-order valence-corrected chi connectivity index (χ2v) is 4.64. The van der Waals surface area contributed by atoms with Gasteiger partial charge in [-0.1, -0.05) is 13.8 Å². The first-order chi connectivity index (χ1) is 8.95. The van der Waals surface area contributed by atoms with Gasteiger partial charge in [-0.05, 0) is 25.0 Å². The molecule has 1 aromatic carbocycles. The summed E-state index contributed by atoms with van der Waals surface area (Å²) in [6.45, 7) is 4.35. The number of ether oxygens (including phenoxy) is 1. The Kier molecular flexibility index (Phi) is 5.18. The summed E-state index contributed by atoms with van der Waals surface area (Å²) < 4.78 is 4.97. The van der Waals surface area contributed by atoms with Gasteiger partial charge in [-0.3, -0.25) is 4.79 Å². The smallest absolute Gasteiger partial charge is 0.255 e. The molecule has 1 rings (SSSR count). The fourth-order valence-corrected chi connectivity index (χ4v) is 1.68. The van der Waals surface area contributed by atoms with Gasteiger partial charge >= 0.3 is 0 Å². The number of benzene rings is 1. The molecule has 19 heavy (non-hydrogen) atoms.